The number of benzene rings is 2. The molecule has 0 bridgehead atoms. The van der Waals surface area contributed by atoms with E-state index in [1.54, 1.807) is 38.5 Å². The number of thioether (sulfide) groups is 1. The van der Waals surface area contributed by atoms with Crippen molar-refractivity contribution in [2.75, 3.05) is 21.3 Å². The van der Waals surface area contributed by atoms with E-state index in [0.29, 0.717) is 23.2 Å². The number of nitrogens with zero attached hydrogens (tertiary/aromatic N) is 3. The highest BCUT2D eigenvalue weighted by Crippen LogP contribution is 2.31. The monoisotopic (exact) mass is 427 g/mol. The van der Waals surface area contributed by atoms with Crippen molar-refractivity contribution in [1.82, 2.24) is 4.90 Å². The average Bonchev–Trinajstić information content (AvgIpc) is 3.09. The van der Waals surface area contributed by atoms with Gasteiger partial charge in [-0.1, -0.05) is 30.8 Å². The molecule has 1 aliphatic heterocycles. The Balaban J connectivity index is 1.81. The van der Waals surface area contributed by atoms with Crippen LogP contribution in [-0.4, -0.2) is 48.8 Å². The number of amides is 1. The Morgan fingerprint density at radius 1 is 1.03 bits per heavy atom. The zero-order valence-corrected chi connectivity index (χ0v) is 18.3. The van der Waals surface area contributed by atoms with E-state index >= 15 is 0 Å². The minimum Gasteiger partial charge on any atom is -0.497 e. The van der Waals surface area contributed by atoms with E-state index < -0.39 is 0 Å². The summed E-state index contributed by atoms with van der Waals surface area (Å²) in [6.07, 6.45) is 2.35. The predicted octanol–water partition coefficient (Wildman–Crippen LogP) is 3.96. The molecule has 1 amide bonds. The predicted molar refractivity (Wildman–Crippen MR) is 120 cm³/mol. The molecule has 1 saturated heterocycles. The molecule has 0 aromatic heterocycles. The van der Waals surface area contributed by atoms with Crippen LogP contribution in [0.3, 0.4) is 0 Å². The second-order valence-electron chi connectivity index (χ2n) is 6.52. The maximum atomic E-state index is 12.8. The maximum Gasteiger partial charge on any atom is 0.242 e. The van der Waals surface area contributed by atoms with Gasteiger partial charge in [0.05, 0.1) is 39.3 Å². The molecule has 0 saturated carbocycles. The van der Waals surface area contributed by atoms with Gasteiger partial charge < -0.3 is 14.2 Å². The normalized spacial score (nSPS) is 17.7. The number of amidine groups is 1. The SMILES string of the molecule is CC[C@H]1S/C(=N\N=C/c2ccc(OC)cc2OC)N(Cc2ccc(OC)cc2)C1=O. The van der Waals surface area contributed by atoms with Crippen LogP contribution in [0.15, 0.2) is 52.7 Å². The topological polar surface area (TPSA) is 72.7 Å². The second kappa shape index (κ2) is 10.2. The van der Waals surface area contributed by atoms with E-state index in [4.69, 9.17) is 14.2 Å². The molecule has 7 nitrogen and oxygen atoms in total. The fourth-order valence-electron chi connectivity index (χ4n) is 2.97. The standard InChI is InChI=1S/C22H25N3O4S/c1-5-20-21(26)25(14-15-6-9-17(27-2)10-7-15)22(30-20)24-23-13-16-8-11-18(28-3)12-19(16)29-4/h6-13,20H,5,14H2,1-4H3/b23-13-,24-22-/t20-/m1/s1. The maximum absolute atomic E-state index is 12.8. The molecule has 1 aliphatic rings. The molecular weight excluding hydrogens is 402 g/mol. The highest BCUT2D eigenvalue weighted by Gasteiger charge is 2.36. The van der Waals surface area contributed by atoms with Crippen molar-refractivity contribution >= 4 is 29.1 Å². The van der Waals surface area contributed by atoms with Gasteiger partial charge in [-0.25, -0.2) is 0 Å². The van der Waals surface area contributed by atoms with E-state index in [0.717, 1.165) is 23.3 Å². The Morgan fingerprint density at radius 3 is 2.37 bits per heavy atom. The van der Waals surface area contributed by atoms with Crippen LogP contribution in [0, 0.1) is 0 Å². The van der Waals surface area contributed by atoms with Gasteiger partial charge in [0.15, 0.2) is 5.17 Å². The van der Waals surface area contributed by atoms with Crippen LogP contribution in [-0.2, 0) is 11.3 Å². The van der Waals surface area contributed by atoms with Gasteiger partial charge in [0, 0.05) is 11.6 Å². The fraction of sp³-hybridized carbons (Fsp3) is 0.318. The fourth-order valence-corrected chi connectivity index (χ4v) is 3.99. The molecule has 3 rings (SSSR count). The lowest BCUT2D eigenvalue weighted by molar-refractivity contribution is -0.126. The van der Waals surface area contributed by atoms with Crippen molar-refractivity contribution in [3.8, 4) is 17.2 Å². The van der Waals surface area contributed by atoms with Gasteiger partial charge in [0.25, 0.3) is 0 Å². The first-order chi connectivity index (χ1) is 14.6. The van der Waals surface area contributed by atoms with Crippen LogP contribution in [0.5, 0.6) is 17.2 Å². The van der Waals surface area contributed by atoms with Gasteiger partial charge in [0.1, 0.15) is 17.2 Å². The zero-order valence-electron chi connectivity index (χ0n) is 17.5. The number of ether oxygens (including phenoxy) is 3. The van der Waals surface area contributed by atoms with Crippen molar-refractivity contribution in [3.05, 3.63) is 53.6 Å². The lowest BCUT2D eigenvalue weighted by atomic mass is 10.2. The van der Waals surface area contributed by atoms with Crippen molar-refractivity contribution in [1.29, 1.82) is 0 Å². The van der Waals surface area contributed by atoms with Gasteiger partial charge in [-0.05, 0) is 36.2 Å². The van der Waals surface area contributed by atoms with Gasteiger partial charge in [-0.15, -0.1) is 5.10 Å². The first-order valence-corrected chi connectivity index (χ1v) is 10.4. The molecule has 0 unspecified atom stereocenters. The molecule has 1 fully saturated rings. The Kier molecular flexibility index (Phi) is 7.35. The summed E-state index contributed by atoms with van der Waals surface area (Å²) in [6.45, 7) is 2.43. The molecular formula is C22H25N3O4S. The highest BCUT2D eigenvalue weighted by atomic mass is 32.2. The first kappa shape index (κ1) is 21.7. The number of hydrogen-bond donors (Lipinski definition) is 0. The van der Waals surface area contributed by atoms with Crippen LogP contribution < -0.4 is 14.2 Å². The molecule has 0 radical (unpaired) electrons. The molecule has 0 spiro atoms. The molecule has 0 aliphatic carbocycles. The number of hydrogen-bond acceptors (Lipinski definition) is 7. The number of carbonyl (C=O) groups is 1. The largest absolute Gasteiger partial charge is 0.497 e. The zero-order chi connectivity index (χ0) is 21.5. The third-order valence-corrected chi connectivity index (χ3v) is 6.00. The van der Waals surface area contributed by atoms with Gasteiger partial charge in [-0.3, -0.25) is 9.69 Å². The van der Waals surface area contributed by atoms with Crippen molar-refractivity contribution in [2.24, 2.45) is 10.2 Å². The molecule has 30 heavy (non-hydrogen) atoms. The quantitative estimate of drug-likeness (QED) is 0.471. The van der Waals surface area contributed by atoms with E-state index in [-0.39, 0.29) is 11.2 Å². The van der Waals surface area contributed by atoms with Gasteiger partial charge in [0.2, 0.25) is 5.91 Å². The average molecular weight is 428 g/mol. The van der Waals surface area contributed by atoms with Crippen LogP contribution in [0.1, 0.15) is 24.5 Å². The number of rotatable bonds is 8. The molecule has 0 N–H and O–H groups in total. The summed E-state index contributed by atoms with van der Waals surface area (Å²) in [5.41, 5.74) is 1.76. The van der Waals surface area contributed by atoms with Crippen LogP contribution in [0.2, 0.25) is 0 Å². The highest BCUT2D eigenvalue weighted by molar-refractivity contribution is 8.15. The Hall–Kier alpha value is -3.00. The lowest BCUT2D eigenvalue weighted by Gasteiger charge is -2.16. The summed E-state index contributed by atoms with van der Waals surface area (Å²) in [6, 6.07) is 13.1. The summed E-state index contributed by atoms with van der Waals surface area (Å²) in [7, 11) is 4.82. The third-order valence-electron chi connectivity index (χ3n) is 4.67. The van der Waals surface area contributed by atoms with Gasteiger partial charge >= 0.3 is 0 Å². The lowest BCUT2D eigenvalue weighted by Crippen LogP contribution is -2.31. The molecule has 2 aromatic carbocycles. The molecule has 1 heterocycles. The van der Waals surface area contributed by atoms with Crippen LogP contribution >= 0.6 is 11.8 Å². The second-order valence-corrected chi connectivity index (χ2v) is 7.69. The molecule has 8 heteroatoms. The van der Waals surface area contributed by atoms with Crippen molar-refractivity contribution < 1.29 is 19.0 Å². The summed E-state index contributed by atoms with van der Waals surface area (Å²) < 4.78 is 15.8. The smallest absolute Gasteiger partial charge is 0.242 e. The Bertz CT molecular complexity index is 944. The number of methoxy groups -OCH3 is 3. The van der Waals surface area contributed by atoms with Crippen LogP contribution in [0.25, 0.3) is 0 Å². The summed E-state index contributed by atoms with van der Waals surface area (Å²) in [4.78, 5) is 14.5. The van der Waals surface area contributed by atoms with Crippen LogP contribution in [0.4, 0.5) is 0 Å². The summed E-state index contributed by atoms with van der Waals surface area (Å²) >= 11 is 1.44. The minimum absolute atomic E-state index is 0.0503. The minimum atomic E-state index is -0.146. The van der Waals surface area contributed by atoms with E-state index in [2.05, 4.69) is 10.2 Å². The van der Waals surface area contributed by atoms with Crippen molar-refractivity contribution in [3.63, 3.8) is 0 Å². The Labute approximate surface area is 180 Å². The number of carbonyl (C=O) groups excluding carboxylic acids is 1. The van der Waals surface area contributed by atoms with Crippen molar-refractivity contribution in [2.45, 2.75) is 25.1 Å². The molecule has 2 aromatic rings. The third kappa shape index (κ3) is 4.94. The summed E-state index contributed by atoms with van der Waals surface area (Å²) in [5, 5.41) is 9.00. The van der Waals surface area contributed by atoms with E-state index in [1.807, 2.05) is 43.3 Å². The summed E-state index contributed by atoms with van der Waals surface area (Å²) in [5.74, 6) is 2.16. The van der Waals surface area contributed by atoms with E-state index in [9.17, 15) is 4.79 Å². The Morgan fingerprint density at radius 2 is 1.73 bits per heavy atom. The molecule has 158 valence electrons. The first-order valence-electron chi connectivity index (χ1n) is 9.53. The van der Waals surface area contributed by atoms with Gasteiger partial charge in [-0.2, -0.15) is 5.10 Å². The van der Waals surface area contributed by atoms with E-state index in [1.165, 1.54) is 11.8 Å². The molecule has 1 atom stereocenters.